The Morgan fingerprint density at radius 1 is 1.29 bits per heavy atom. The zero-order valence-corrected chi connectivity index (χ0v) is 13.5. The first-order chi connectivity index (χ1) is 9.99. The summed E-state index contributed by atoms with van der Waals surface area (Å²) in [6, 6.07) is 8.27. The number of piperazine rings is 1. The van der Waals surface area contributed by atoms with E-state index >= 15 is 0 Å². The van der Waals surface area contributed by atoms with Crippen LogP contribution in [0.1, 0.15) is 39.2 Å². The summed E-state index contributed by atoms with van der Waals surface area (Å²) in [6.07, 6.45) is 2.74. The first-order valence-electron chi connectivity index (χ1n) is 8.25. The molecule has 3 nitrogen and oxygen atoms in total. The van der Waals surface area contributed by atoms with Crippen molar-refractivity contribution in [2.45, 2.75) is 51.7 Å². The van der Waals surface area contributed by atoms with Crippen LogP contribution < -0.4 is 5.32 Å². The van der Waals surface area contributed by atoms with Crippen molar-refractivity contribution in [3.63, 3.8) is 0 Å². The molecule has 3 heteroatoms. The average molecular weight is 288 g/mol. The van der Waals surface area contributed by atoms with Crippen LogP contribution in [-0.4, -0.2) is 34.7 Å². The molecule has 1 heterocycles. The predicted molar refractivity (Wildman–Crippen MR) is 86.3 cm³/mol. The van der Waals surface area contributed by atoms with E-state index < -0.39 is 0 Å². The fourth-order valence-corrected chi connectivity index (χ4v) is 3.58. The van der Waals surface area contributed by atoms with Gasteiger partial charge < -0.3 is 10.4 Å². The second-order valence-corrected chi connectivity index (χ2v) is 7.41. The van der Waals surface area contributed by atoms with Crippen molar-refractivity contribution in [1.29, 1.82) is 0 Å². The lowest BCUT2D eigenvalue weighted by Crippen LogP contribution is -2.65. The first kappa shape index (κ1) is 14.9. The van der Waals surface area contributed by atoms with E-state index in [4.69, 9.17) is 0 Å². The fraction of sp³-hybridized carbons (Fsp3) is 0.667. The topological polar surface area (TPSA) is 35.5 Å². The van der Waals surface area contributed by atoms with Crippen molar-refractivity contribution in [3.8, 4) is 5.75 Å². The van der Waals surface area contributed by atoms with Gasteiger partial charge in [-0.3, -0.25) is 4.90 Å². The average Bonchev–Trinajstić information content (AvgIpc) is 3.28. The Morgan fingerprint density at radius 3 is 2.52 bits per heavy atom. The van der Waals surface area contributed by atoms with Gasteiger partial charge in [0.05, 0.1) is 0 Å². The van der Waals surface area contributed by atoms with Gasteiger partial charge in [0.15, 0.2) is 0 Å². The summed E-state index contributed by atoms with van der Waals surface area (Å²) in [5.41, 5.74) is 1.58. The predicted octanol–water partition coefficient (Wildman–Crippen LogP) is 2.99. The third-order valence-electron chi connectivity index (χ3n) is 5.43. The highest BCUT2D eigenvalue weighted by Crippen LogP contribution is 2.44. The van der Waals surface area contributed by atoms with Gasteiger partial charge in [-0.25, -0.2) is 0 Å². The van der Waals surface area contributed by atoms with Crippen molar-refractivity contribution in [2.24, 2.45) is 11.8 Å². The van der Waals surface area contributed by atoms with Crippen LogP contribution >= 0.6 is 0 Å². The van der Waals surface area contributed by atoms with Gasteiger partial charge in [-0.2, -0.15) is 0 Å². The summed E-state index contributed by atoms with van der Waals surface area (Å²) in [7, 11) is 0. The molecule has 1 aliphatic heterocycles. The Morgan fingerprint density at radius 2 is 1.95 bits per heavy atom. The van der Waals surface area contributed by atoms with Gasteiger partial charge >= 0.3 is 0 Å². The highest BCUT2D eigenvalue weighted by molar-refractivity contribution is 5.26. The molecule has 1 aliphatic carbocycles. The number of nitrogens with one attached hydrogen (secondary N) is 1. The molecule has 1 saturated carbocycles. The molecule has 0 radical (unpaired) electrons. The minimum absolute atomic E-state index is 0.281. The highest BCUT2D eigenvalue weighted by atomic mass is 16.3. The zero-order valence-electron chi connectivity index (χ0n) is 13.5. The SMILES string of the molecule is CC(C)C1CN(Cc2ccc(O)cc2)C(C)(C2CC2)CN1. The molecule has 2 aliphatic rings. The number of nitrogens with zero attached hydrogens (tertiary/aromatic N) is 1. The lowest BCUT2D eigenvalue weighted by Gasteiger charge is -2.49. The number of phenolic OH excluding ortho intramolecular Hbond substituents is 1. The molecule has 1 aromatic carbocycles. The molecule has 2 N–H and O–H groups in total. The molecule has 0 spiro atoms. The molecule has 1 saturated heterocycles. The van der Waals surface area contributed by atoms with Crippen molar-refractivity contribution >= 4 is 0 Å². The van der Waals surface area contributed by atoms with Crippen molar-refractivity contribution in [2.75, 3.05) is 13.1 Å². The maximum atomic E-state index is 9.45. The van der Waals surface area contributed by atoms with Crippen LogP contribution in [0.25, 0.3) is 0 Å². The molecular formula is C18H28N2O. The zero-order chi connectivity index (χ0) is 15.0. The van der Waals surface area contributed by atoms with E-state index in [0.29, 0.717) is 17.7 Å². The normalized spacial score (nSPS) is 30.8. The van der Waals surface area contributed by atoms with E-state index in [1.807, 2.05) is 0 Å². The monoisotopic (exact) mass is 288 g/mol. The second-order valence-electron chi connectivity index (χ2n) is 7.41. The lowest BCUT2D eigenvalue weighted by atomic mass is 9.87. The third kappa shape index (κ3) is 3.09. The van der Waals surface area contributed by atoms with E-state index in [9.17, 15) is 5.11 Å². The van der Waals surface area contributed by atoms with Gasteiger partial charge in [-0.1, -0.05) is 26.0 Å². The summed E-state index contributed by atoms with van der Waals surface area (Å²) >= 11 is 0. The standard InChI is InChI=1S/C18H28N2O/c1-13(2)17-11-20(10-14-4-8-16(21)9-5-14)18(3,12-19-17)15-6-7-15/h4-5,8-9,13,15,17,19,21H,6-7,10-12H2,1-3H3. The minimum atomic E-state index is 0.281. The van der Waals surface area contributed by atoms with Crippen LogP contribution in [0.3, 0.4) is 0 Å². The van der Waals surface area contributed by atoms with Crippen molar-refractivity contribution in [3.05, 3.63) is 29.8 Å². The molecule has 1 aromatic rings. The van der Waals surface area contributed by atoms with Crippen LogP contribution in [0.15, 0.2) is 24.3 Å². The minimum Gasteiger partial charge on any atom is -0.508 e. The molecule has 0 aromatic heterocycles. The molecule has 2 atom stereocenters. The molecule has 0 amide bonds. The van der Waals surface area contributed by atoms with Crippen LogP contribution in [-0.2, 0) is 6.54 Å². The number of aromatic hydroxyl groups is 1. The number of hydrogen-bond acceptors (Lipinski definition) is 3. The maximum absolute atomic E-state index is 9.45. The van der Waals surface area contributed by atoms with Gasteiger partial charge in [-0.05, 0) is 49.3 Å². The highest BCUT2D eigenvalue weighted by Gasteiger charge is 2.48. The van der Waals surface area contributed by atoms with Crippen LogP contribution in [0.2, 0.25) is 0 Å². The van der Waals surface area contributed by atoms with Gasteiger partial charge in [0.25, 0.3) is 0 Å². The number of hydrogen-bond donors (Lipinski definition) is 2. The summed E-state index contributed by atoms with van der Waals surface area (Å²) < 4.78 is 0. The Bertz CT molecular complexity index is 480. The molecule has 3 rings (SSSR count). The van der Waals surface area contributed by atoms with E-state index in [1.54, 1.807) is 12.1 Å². The maximum Gasteiger partial charge on any atom is 0.115 e. The lowest BCUT2D eigenvalue weighted by molar-refractivity contribution is 0.0186. The summed E-state index contributed by atoms with van der Waals surface area (Å²) in [5.74, 6) is 1.86. The molecule has 2 unspecified atom stereocenters. The van der Waals surface area contributed by atoms with E-state index in [2.05, 4.69) is 43.1 Å². The fourth-order valence-electron chi connectivity index (χ4n) is 3.58. The molecule has 116 valence electrons. The van der Waals surface area contributed by atoms with E-state index in [0.717, 1.165) is 25.6 Å². The van der Waals surface area contributed by atoms with Crippen LogP contribution in [0.5, 0.6) is 5.75 Å². The molecule has 21 heavy (non-hydrogen) atoms. The Kier molecular flexibility index (Phi) is 3.98. The summed E-state index contributed by atoms with van der Waals surface area (Å²) in [5, 5.41) is 13.2. The first-order valence-corrected chi connectivity index (χ1v) is 8.25. The van der Waals surface area contributed by atoms with Gasteiger partial charge in [-0.15, -0.1) is 0 Å². The smallest absolute Gasteiger partial charge is 0.115 e. The van der Waals surface area contributed by atoms with E-state index in [1.165, 1.54) is 18.4 Å². The van der Waals surface area contributed by atoms with Gasteiger partial charge in [0.1, 0.15) is 5.75 Å². The molecular weight excluding hydrogens is 260 g/mol. The summed E-state index contributed by atoms with van der Waals surface area (Å²) in [4.78, 5) is 2.68. The Balaban J connectivity index is 1.77. The number of phenols is 1. The van der Waals surface area contributed by atoms with Crippen LogP contribution in [0.4, 0.5) is 0 Å². The largest absolute Gasteiger partial charge is 0.508 e. The van der Waals surface area contributed by atoms with E-state index in [-0.39, 0.29) is 5.54 Å². The summed E-state index contributed by atoms with van der Waals surface area (Å²) in [6.45, 7) is 10.2. The Labute approximate surface area is 128 Å². The van der Waals surface area contributed by atoms with Crippen molar-refractivity contribution < 1.29 is 5.11 Å². The second kappa shape index (κ2) is 5.62. The number of rotatable bonds is 4. The third-order valence-corrected chi connectivity index (χ3v) is 5.43. The molecule has 0 bridgehead atoms. The quantitative estimate of drug-likeness (QED) is 0.894. The number of benzene rings is 1. The van der Waals surface area contributed by atoms with Gasteiger partial charge in [0, 0.05) is 31.2 Å². The van der Waals surface area contributed by atoms with Crippen molar-refractivity contribution in [1.82, 2.24) is 10.2 Å². The Hall–Kier alpha value is -1.06. The molecule has 2 fully saturated rings. The van der Waals surface area contributed by atoms with Crippen LogP contribution in [0, 0.1) is 11.8 Å². The van der Waals surface area contributed by atoms with Gasteiger partial charge in [0.2, 0.25) is 0 Å².